The average Bonchev–Trinajstić information content (AvgIpc) is 2.96. The minimum absolute atomic E-state index is 0.0447. The number of benzene rings is 2. The maximum absolute atomic E-state index is 12.5. The molecule has 5 nitrogen and oxygen atoms in total. The van der Waals surface area contributed by atoms with E-state index >= 15 is 0 Å². The second-order valence-corrected chi connectivity index (χ2v) is 8.08. The molecule has 0 bridgehead atoms. The molecule has 0 saturated carbocycles. The van der Waals surface area contributed by atoms with Crippen LogP contribution in [-0.4, -0.2) is 32.1 Å². The molecule has 7 heteroatoms. The summed E-state index contributed by atoms with van der Waals surface area (Å²) in [6, 6.07) is 9.10. The summed E-state index contributed by atoms with van der Waals surface area (Å²) in [7, 11) is 0. The van der Waals surface area contributed by atoms with Crippen molar-refractivity contribution in [2.45, 2.75) is 25.7 Å². The molecule has 0 aromatic heterocycles. The van der Waals surface area contributed by atoms with Crippen molar-refractivity contribution in [3.8, 4) is 17.2 Å². The molecule has 2 aromatic rings. The Hall–Kier alpha value is -2.37. The third-order valence-corrected chi connectivity index (χ3v) is 5.53. The van der Waals surface area contributed by atoms with Gasteiger partial charge in [0.25, 0.3) is 0 Å². The normalized spacial score (nSPS) is 16.4. The van der Waals surface area contributed by atoms with Gasteiger partial charge in [-0.15, -0.1) is 0 Å². The summed E-state index contributed by atoms with van der Waals surface area (Å²) in [6.07, 6.45) is 4.40. The van der Waals surface area contributed by atoms with Gasteiger partial charge in [-0.3, -0.25) is 4.79 Å². The number of ether oxygens (including phenoxy) is 3. The summed E-state index contributed by atoms with van der Waals surface area (Å²) >= 11 is 12.0. The molecular weight excluding hydrogens is 425 g/mol. The Balaban J connectivity index is 1.38. The van der Waals surface area contributed by atoms with Crippen molar-refractivity contribution < 1.29 is 19.0 Å². The number of hydrogen-bond acceptors (Lipinski definition) is 5. The summed E-state index contributed by atoms with van der Waals surface area (Å²) in [5, 5.41) is 4.36. The highest BCUT2D eigenvalue weighted by molar-refractivity contribution is 6.35. The summed E-state index contributed by atoms with van der Waals surface area (Å²) in [6.45, 7) is 2.48. The number of allylic oxidation sites excluding steroid dienone is 1. The van der Waals surface area contributed by atoms with Crippen LogP contribution in [0.3, 0.4) is 0 Å². The fraction of sp³-hybridized carbons (Fsp3) is 0.348. The largest absolute Gasteiger partial charge is 0.492 e. The van der Waals surface area contributed by atoms with Crippen LogP contribution >= 0.6 is 23.2 Å². The number of carbonyl (C=O) groups excluding carboxylic acids is 1. The van der Waals surface area contributed by atoms with E-state index in [2.05, 4.69) is 5.32 Å². The van der Waals surface area contributed by atoms with Crippen molar-refractivity contribution in [1.82, 2.24) is 5.32 Å². The number of fused-ring (bicyclic) bond motifs is 2. The summed E-state index contributed by atoms with van der Waals surface area (Å²) in [5.74, 6) is 2.14. The van der Waals surface area contributed by atoms with Gasteiger partial charge >= 0.3 is 0 Å². The Labute approximate surface area is 185 Å². The highest BCUT2D eigenvalue weighted by Crippen LogP contribution is 2.36. The topological polar surface area (TPSA) is 56.8 Å². The minimum atomic E-state index is 0.0447. The third kappa shape index (κ3) is 5.02. The number of hydrogen-bond donors (Lipinski definition) is 1. The molecule has 0 atom stereocenters. The zero-order valence-electron chi connectivity index (χ0n) is 16.5. The summed E-state index contributed by atoms with van der Waals surface area (Å²) in [5.41, 5.74) is 3.00. The van der Waals surface area contributed by atoms with Gasteiger partial charge in [0.15, 0.2) is 17.3 Å². The molecule has 2 aliphatic rings. The lowest BCUT2D eigenvalue weighted by Gasteiger charge is -2.23. The van der Waals surface area contributed by atoms with Crippen LogP contribution in [0.1, 0.15) is 30.4 Å². The molecule has 2 heterocycles. The van der Waals surface area contributed by atoms with Crippen molar-refractivity contribution in [2.24, 2.45) is 0 Å². The minimum Gasteiger partial charge on any atom is -0.492 e. The quantitative estimate of drug-likeness (QED) is 0.494. The maximum atomic E-state index is 12.5. The first kappa shape index (κ1) is 20.9. The Kier molecular flexibility index (Phi) is 6.70. The zero-order valence-corrected chi connectivity index (χ0v) is 18.0. The number of rotatable bonds is 6. The van der Waals surface area contributed by atoms with Crippen LogP contribution in [0, 0.1) is 0 Å². The molecule has 4 rings (SSSR count). The Morgan fingerprint density at radius 1 is 1.13 bits per heavy atom. The molecule has 0 spiro atoms. The van der Waals surface area contributed by atoms with Crippen molar-refractivity contribution in [3.63, 3.8) is 0 Å². The van der Waals surface area contributed by atoms with E-state index in [1.807, 2.05) is 12.1 Å². The van der Waals surface area contributed by atoms with Crippen molar-refractivity contribution >= 4 is 34.7 Å². The van der Waals surface area contributed by atoms with E-state index < -0.39 is 0 Å². The maximum Gasteiger partial charge on any atom is 0.161 e. The lowest BCUT2D eigenvalue weighted by atomic mass is 9.96. The molecule has 0 aliphatic carbocycles. The molecule has 0 unspecified atom stereocenters. The molecule has 0 saturated heterocycles. The predicted octanol–water partition coefficient (Wildman–Crippen LogP) is 5.07. The molecule has 158 valence electrons. The van der Waals surface area contributed by atoms with Crippen molar-refractivity contribution in [3.05, 3.63) is 57.6 Å². The fourth-order valence-corrected chi connectivity index (χ4v) is 3.98. The first-order valence-corrected chi connectivity index (χ1v) is 10.8. The molecule has 2 aliphatic heterocycles. The van der Waals surface area contributed by atoms with E-state index in [1.54, 1.807) is 24.3 Å². The van der Waals surface area contributed by atoms with Crippen LogP contribution < -0.4 is 19.5 Å². The third-order valence-electron chi connectivity index (χ3n) is 5.00. The molecule has 0 fully saturated rings. The molecule has 1 N–H and O–H groups in total. The van der Waals surface area contributed by atoms with E-state index in [9.17, 15) is 4.79 Å². The number of carbonyl (C=O) groups is 1. The second-order valence-electron chi connectivity index (χ2n) is 7.23. The first-order chi connectivity index (χ1) is 14.6. The van der Waals surface area contributed by atoms with Gasteiger partial charge in [0.1, 0.15) is 5.75 Å². The van der Waals surface area contributed by atoms with E-state index in [1.165, 1.54) is 0 Å². The lowest BCUT2D eigenvalue weighted by molar-refractivity contribution is -0.114. The highest BCUT2D eigenvalue weighted by Gasteiger charge is 2.20. The highest BCUT2D eigenvalue weighted by atomic mass is 35.5. The smallest absolute Gasteiger partial charge is 0.161 e. The van der Waals surface area contributed by atoms with Gasteiger partial charge in [-0.05, 0) is 48.7 Å². The number of ketones is 1. The average molecular weight is 448 g/mol. The van der Waals surface area contributed by atoms with Crippen LogP contribution in [0.2, 0.25) is 10.0 Å². The van der Waals surface area contributed by atoms with Crippen molar-refractivity contribution in [2.75, 3.05) is 26.4 Å². The SMILES string of the molecule is O=C(C=C1NCCc2cc3c(cc21)OCCCO3)CCCOc1ccc(Cl)cc1Cl. The molecule has 0 radical (unpaired) electrons. The standard InChI is InChI=1S/C23H23Cl2NO4/c24-16-4-5-21(19(25)12-16)28-8-1-3-17(27)13-20-18-14-23-22(29-9-2-10-30-23)11-15(18)6-7-26-20/h4-5,11-14,26H,1-3,6-10H2. The van der Waals surface area contributed by atoms with E-state index in [-0.39, 0.29) is 5.78 Å². The van der Waals surface area contributed by atoms with Crippen LogP contribution in [0.25, 0.3) is 5.70 Å². The van der Waals surface area contributed by atoms with E-state index in [4.69, 9.17) is 37.4 Å². The Morgan fingerprint density at radius 2 is 1.93 bits per heavy atom. The fourth-order valence-electron chi connectivity index (χ4n) is 3.52. The number of halogens is 2. The molecule has 2 aromatic carbocycles. The zero-order chi connectivity index (χ0) is 20.9. The predicted molar refractivity (Wildman–Crippen MR) is 118 cm³/mol. The monoisotopic (exact) mass is 447 g/mol. The lowest BCUT2D eigenvalue weighted by Crippen LogP contribution is -2.23. The van der Waals surface area contributed by atoms with E-state index in [0.717, 1.165) is 47.7 Å². The van der Waals surface area contributed by atoms with Gasteiger partial charge in [-0.25, -0.2) is 0 Å². The summed E-state index contributed by atoms with van der Waals surface area (Å²) < 4.78 is 17.2. The van der Waals surface area contributed by atoms with Gasteiger partial charge in [0.2, 0.25) is 0 Å². The molecule has 30 heavy (non-hydrogen) atoms. The summed E-state index contributed by atoms with van der Waals surface area (Å²) in [4.78, 5) is 12.5. The van der Waals surface area contributed by atoms with Gasteiger partial charge in [0, 0.05) is 41.7 Å². The number of nitrogens with one attached hydrogen (secondary N) is 1. The van der Waals surface area contributed by atoms with Gasteiger partial charge in [-0.1, -0.05) is 23.2 Å². The van der Waals surface area contributed by atoms with Gasteiger partial charge in [0.05, 0.1) is 24.8 Å². The first-order valence-electron chi connectivity index (χ1n) is 10.1. The molecule has 0 amide bonds. The van der Waals surface area contributed by atoms with Crippen LogP contribution in [0.5, 0.6) is 17.2 Å². The van der Waals surface area contributed by atoms with Crippen LogP contribution in [0.15, 0.2) is 36.4 Å². The Morgan fingerprint density at radius 3 is 2.73 bits per heavy atom. The van der Waals surface area contributed by atoms with Crippen molar-refractivity contribution in [1.29, 1.82) is 0 Å². The van der Waals surface area contributed by atoms with E-state index in [0.29, 0.717) is 48.5 Å². The molecular formula is C23H23Cl2NO4. The van der Waals surface area contributed by atoms with Crippen LogP contribution in [-0.2, 0) is 11.2 Å². The van der Waals surface area contributed by atoms with Gasteiger partial charge < -0.3 is 19.5 Å². The van der Waals surface area contributed by atoms with Crippen LogP contribution in [0.4, 0.5) is 0 Å². The van der Waals surface area contributed by atoms with Gasteiger partial charge in [-0.2, -0.15) is 0 Å². The Bertz CT molecular complexity index is 974. The second kappa shape index (κ2) is 9.63.